The van der Waals surface area contributed by atoms with Gasteiger partial charge in [-0.25, -0.2) is 4.79 Å². The largest absolute Gasteiger partial charge is 0.462 e. The normalized spacial score (nSPS) is 14.7. The van der Waals surface area contributed by atoms with Crippen LogP contribution in [0, 0.1) is 0 Å². The van der Waals surface area contributed by atoms with E-state index in [1.165, 1.54) is 30.5 Å². The highest BCUT2D eigenvalue weighted by Gasteiger charge is 2.25. The van der Waals surface area contributed by atoms with Gasteiger partial charge in [-0.1, -0.05) is 43.7 Å². The maximum Gasteiger partial charge on any atom is 0.338 e. The highest BCUT2D eigenvalue weighted by molar-refractivity contribution is 5.89. The molecule has 1 fully saturated rings. The lowest BCUT2D eigenvalue weighted by molar-refractivity contribution is -0.131. The lowest BCUT2D eigenvalue weighted by Gasteiger charge is -2.35. The Balaban J connectivity index is 1.76. The number of benzene rings is 2. The molecule has 1 unspecified atom stereocenters. The molecule has 32 heavy (non-hydrogen) atoms. The molecule has 5 nitrogen and oxygen atoms in total. The smallest absolute Gasteiger partial charge is 0.338 e. The first-order chi connectivity index (χ1) is 15.5. The molecule has 1 amide bonds. The van der Waals surface area contributed by atoms with Crippen LogP contribution >= 0.6 is 0 Å². The zero-order chi connectivity index (χ0) is 22.9. The Kier molecular flexibility index (Phi) is 8.72. The fourth-order valence-corrected chi connectivity index (χ4v) is 4.47. The Hall–Kier alpha value is -2.82. The topological polar surface area (TPSA) is 49.9 Å². The van der Waals surface area contributed by atoms with Crippen molar-refractivity contribution in [2.75, 3.05) is 31.6 Å². The summed E-state index contributed by atoms with van der Waals surface area (Å²) in [6.07, 6.45) is 5.99. The number of esters is 1. The van der Waals surface area contributed by atoms with Gasteiger partial charge in [0, 0.05) is 25.8 Å². The van der Waals surface area contributed by atoms with Gasteiger partial charge in [-0.05, 0) is 61.9 Å². The number of amides is 1. The van der Waals surface area contributed by atoms with E-state index in [0.717, 1.165) is 31.5 Å². The summed E-state index contributed by atoms with van der Waals surface area (Å²) in [5.41, 5.74) is 3.92. The zero-order valence-corrected chi connectivity index (χ0v) is 19.7. The first-order valence-corrected chi connectivity index (χ1v) is 11.9. The maximum absolute atomic E-state index is 13.2. The number of carbonyl (C=O) groups is 2. The summed E-state index contributed by atoms with van der Waals surface area (Å²) >= 11 is 0. The summed E-state index contributed by atoms with van der Waals surface area (Å²) in [7, 11) is 1.92. The number of para-hydroxylation sites is 1. The van der Waals surface area contributed by atoms with Gasteiger partial charge in [0.15, 0.2) is 0 Å². The maximum atomic E-state index is 13.2. The van der Waals surface area contributed by atoms with Crippen molar-refractivity contribution in [1.82, 2.24) is 4.90 Å². The number of rotatable bonds is 9. The molecular weight excluding hydrogens is 400 g/mol. The van der Waals surface area contributed by atoms with Crippen molar-refractivity contribution in [3.05, 3.63) is 65.2 Å². The van der Waals surface area contributed by atoms with Gasteiger partial charge in [-0.3, -0.25) is 4.79 Å². The fraction of sp³-hybridized carbons (Fsp3) is 0.481. The number of hydrogen-bond donors (Lipinski definition) is 0. The van der Waals surface area contributed by atoms with E-state index in [0.29, 0.717) is 18.6 Å². The molecule has 0 bridgehead atoms. The second kappa shape index (κ2) is 11.7. The second-order valence-electron chi connectivity index (χ2n) is 8.51. The van der Waals surface area contributed by atoms with Gasteiger partial charge in [0.2, 0.25) is 5.91 Å². The minimum atomic E-state index is -0.333. The van der Waals surface area contributed by atoms with Gasteiger partial charge in [0.05, 0.1) is 24.6 Å². The molecule has 2 aromatic carbocycles. The monoisotopic (exact) mass is 436 g/mol. The summed E-state index contributed by atoms with van der Waals surface area (Å²) in [5.74, 6) is -0.249. The summed E-state index contributed by atoms with van der Waals surface area (Å²) in [5, 5.41) is 0. The van der Waals surface area contributed by atoms with Crippen LogP contribution < -0.4 is 4.90 Å². The van der Waals surface area contributed by atoms with E-state index in [9.17, 15) is 9.59 Å². The third-order valence-electron chi connectivity index (χ3n) is 6.24. The molecule has 3 rings (SSSR count). The van der Waals surface area contributed by atoms with Crippen LogP contribution in [-0.4, -0.2) is 43.5 Å². The van der Waals surface area contributed by atoms with E-state index in [-0.39, 0.29) is 17.9 Å². The molecule has 0 aliphatic carbocycles. The number of nitrogens with zero attached hydrogens (tertiary/aromatic N) is 2. The number of hydrogen-bond acceptors (Lipinski definition) is 4. The molecule has 0 radical (unpaired) electrons. The van der Waals surface area contributed by atoms with Crippen molar-refractivity contribution < 1.29 is 14.3 Å². The standard InChI is InChI=1S/C27H36N2O3/c1-4-11-24(23-12-7-8-13-25(23)29-18-9-6-10-19-29)28(3)26(30)20-21-14-16-22(17-15-21)27(31)32-5-2/h7-8,12-17,24H,4-6,9-11,18-20H2,1-3H3. The number of carbonyl (C=O) groups excluding carboxylic acids is 2. The third kappa shape index (κ3) is 5.90. The summed E-state index contributed by atoms with van der Waals surface area (Å²) in [6, 6.07) is 15.8. The number of ether oxygens (including phenoxy) is 1. The quantitative estimate of drug-likeness (QED) is 0.494. The van der Waals surface area contributed by atoms with Gasteiger partial charge in [-0.2, -0.15) is 0 Å². The Labute approximate surface area is 192 Å². The molecule has 0 aromatic heterocycles. The molecule has 0 saturated carbocycles. The minimum Gasteiger partial charge on any atom is -0.462 e. The van der Waals surface area contributed by atoms with Crippen LogP contribution in [0.3, 0.4) is 0 Å². The molecular formula is C27H36N2O3. The summed E-state index contributed by atoms with van der Waals surface area (Å²) in [4.78, 5) is 29.5. The van der Waals surface area contributed by atoms with Gasteiger partial charge in [0.1, 0.15) is 0 Å². The van der Waals surface area contributed by atoms with E-state index in [1.54, 1.807) is 19.1 Å². The van der Waals surface area contributed by atoms with Gasteiger partial charge in [0.25, 0.3) is 0 Å². The molecule has 1 saturated heterocycles. The molecule has 5 heteroatoms. The van der Waals surface area contributed by atoms with Crippen molar-refractivity contribution >= 4 is 17.6 Å². The van der Waals surface area contributed by atoms with Crippen molar-refractivity contribution in [2.24, 2.45) is 0 Å². The highest BCUT2D eigenvalue weighted by atomic mass is 16.5. The van der Waals surface area contributed by atoms with Gasteiger partial charge < -0.3 is 14.5 Å². The predicted molar refractivity (Wildman–Crippen MR) is 129 cm³/mol. The van der Waals surface area contributed by atoms with Crippen LogP contribution in [0.2, 0.25) is 0 Å². The Morgan fingerprint density at radius 1 is 1.00 bits per heavy atom. The lowest BCUT2D eigenvalue weighted by Crippen LogP contribution is -2.35. The van der Waals surface area contributed by atoms with Gasteiger partial charge in [-0.15, -0.1) is 0 Å². The highest BCUT2D eigenvalue weighted by Crippen LogP contribution is 2.34. The molecule has 1 aliphatic rings. The first kappa shape index (κ1) is 23.8. The minimum absolute atomic E-state index is 0.0458. The first-order valence-electron chi connectivity index (χ1n) is 11.9. The van der Waals surface area contributed by atoms with Crippen molar-refractivity contribution in [2.45, 2.75) is 58.4 Å². The number of anilines is 1. The van der Waals surface area contributed by atoms with E-state index in [4.69, 9.17) is 4.74 Å². The molecule has 0 spiro atoms. The molecule has 1 atom stereocenters. The average Bonchev–Trinajstić information content (AvgIpc) is 2.83. The van der Waals surface area contributed by atoms with Crippen LogP contribution in [0.15, 0.2) is 48.5 Å². The van der Waals surface area contributed by atoms with Crippen LogP contribution in [0.5, 0.6) is 0 Å². The van der Waals surface area contributed by atoms with Gasteiger partial charge >= 0.3 is 5.97 Å². The molecule has 172 valence electrons. The summed E-state index contributed by atoms with van der Waals surface area (Å²) < 4.78 is 5.04. The van der Waals surface area contributed by atoms with E-state index in [1.807, 2.05) is 24.1 Å². The van der Waals surface area contributed by atoms with Crippen LogP contribution in [0.4, 0.5) is 5.69 Å². The molecule has 1 heterocycles. The Bertz CT molecular complexity index is 888. The van der Waals surface area contributed by atoms with Crippen LogP contribution in [0.1, 0.15) is 73.5 Å². The predicted octanol–water partition coefficient (Wildman–Crippen LogP) is 5.40. The zero-order valence-electron chi connectivity index (χ0n) is 19.7. The Morgan fingerprint density at radius 2 is 1.69 bits per heavy atom. The van der Waals surface area contributed by atoms with Crippen LogP contribution in [-0.2, 0) is 16.0 Å². The van der Waals surface area contributed by atoms with Crippen molar-refractivity contribution in [1.29, 1.82) is 0 Å². The fourth-order valence-electron chi connectivity index (χ4n) is 4.47. The number of piperidine rings is 1. The van der Waals surface area contributed by atoms with E-state index < -0.39 is 0 Å². The van der Waals surface area contributed by atoms with E-state index in [2.05, 4.69) is 36.1 Å². The molecule has 0 N–H and O–H groups in total. The molecule has 1 aliphatic heterocycles. The third-order valence-corrected chi connectivity index (χ3v) is 6.24. The van der Waals surface area contributed by atoms with Crippen molar-refractivity contribution in [3.63, 3.8) is 0 Å². The SMILES string of the molecule is CCCC(c1ccccc1N1CCCCC1)N(C)C(=O)Cc1ccc(C(=O)OCC)cc1. The average molecular weight is 437 g/mol. The Morgan fingerprint density at radius 3 is 2.34 bits per heavy atom. The lowest BCUT2D eigenvalue weighted by atomic mass is 9.96. The summed E-state index contributed by atoms with van der Waals surface area (Å²) in [6.45, 7) is 6.47. The van der Waals surface area contributed by atoms with Crippen molar-refractivity contribution in [3.8, 4) is 0 Å². The van der Waals surface area contributed by atoms with Crippen LogP contribution in [0.25, 0.3) is 0 Å². The second-order valence-corrected chi connectivity index (χ2v) is 8.51. The van der Waals surface area contributed by atoms with E-state index >= 15 is 0 Å². The molecule has 2 aromatic rings. The number of likely N-dealkylation sites (N-methyl/N-ethyl adjacent to an activating group) is 1.